The van der Waals surface area contributed by atoms with Gasteiger partial charge in [-0.05, 0) is 48.7 Å². The molecule has 1 amide bonds. The van der Waals surface area contributed by atoms with Crippen LogP contribution in [-0.2, 0) is 14.6 Å². The van der Waals surface area contributed by atoms with E-state index in [9.17, 15) is 17.6 Å². The first-order valence-electron chi connectivity index (χ1n) is 7.10. The van der Waals surface area contributed by atoms with Crippen molar-refractivity contribution in [3.63, 3.8) is 0 Å². The van der Waals surface area contributed by atoms with Gasteiger partial charge in [0.1, 0.15) is 11.6 Å². The summed E-state index contributed by atoms with van der Waals surface area (Å²) in [6.07, 6.45) is 1.93. The average molecular weight is 396 g/mol. The zero-order valence-electron chi connectivity index (χ0n) is 13.0. The number of anilines is 1. The van der Waals surface area contributed by atoms with E-state index in [1.54, 1.807) is 18.2 Å². The van der Waals surface area contributed by atoms with Crippen LogP contribution >= 0.6 is 23.1 Å². The van der Waals surface area contributed by atoms with E-state index in [2.05, 4.69) is 10.3 Å². The fraction of sp³-hybridized carbons (Fsp3) is 0.125. The van der Waals surface area contributed by atoms with Gasteiger partial charge in [0.25, 0.3) is 0 Å². The molecule has 0 unspecified atom stereocenters. The number of halogens is 1. The minimum Gasteiger partial charge on any atom is -0.325 e. The first-order chi connectivity index (χ1) is 11.9. The highest BCUT2D eigenvalue weighted by atomic mass is 32.2. The summed E-state index contributed by atoms with van der Waals surface area (Å²) in [7, 11) is -3.83. The number of benzene rings is 2. The number of carbonyl (C=O) groups excluding carboxylic acids is 1. The van der Waals surface area contributed by atoms with Crippen LogP contribution in [0.15, 0.2) is 51.7 Å². The lowest BCUT2D eigenvalue weighted by Crippen LogP contribution is -2.23. The van der Waals surface area contributed by atoms with Gasteiger partial charge in [-0.3, -0.25) is 4.79 Å². The summed E-state index contributed by atoms with van der Waals surface area (Å²) in [5, 5.41) is 2.58. The van der Waals surface area contributed by atoms with Crippen LogP contribution in [0.5, 0.6) is 0 Å². The van der Waals surface area contributed by atoms with Crippen molar-refractivity contribution in [3.05, 3.63) is 48.3 Å². The molecule has 130 valence electrons. The Balaban J connectivity index is 1.74. The first kappa shape index (κ1) is 17.8. The molecule has 0 fully saturated rings. The molecule has 3 aromatic rings. The molecule has 5 nitrogen and oxygen atoms in total. The molecule has 1 aromatic heterocycles. The largest absolute Gasteiger partial charge is 0.325 e. The fourth-order valence-corrected chi connectivity index (χ4v) is 4.83. The van der Waals surface area contributed by atoms with E-state index in [0.29, 0.717) is 5.69 Å². The number of carbonyl (C=O) groups is 1. The predicted molar refractivity (Wildman–Crippen MR) is 98.5 cm³/mol. The Kier molecular flexibility index (Phi) is 5.07. The molecule has 1 heterocycles. The van der Waals surface area contributed by atoms with Crippen LogP contribution in [-0.4, -0.2) is 31.3 Å². The summed E-state index contributed by atoms with van der Waals surface area (Å²) in [5.74, 6) is -1.90. The highest BCUT2D eigenvalue weighted by Crippen LogP contribution is 2.30. The number of hydrogen-bond acceptors (Lipinski definition) is 6. The maximum Gasteiger partial charge on any atom is 0.239 e. The number of hydrogen-bond donors (Lipinski definition) is 1. The average Bonchev–Trinajstić information content (AvgIpc) is 2.97. The molecule has 2 aromatic carbocycles. The van der Waals surface area contributed by atoms with Crippen molar-refractivity contribution in [2.45, 2.75) is 9.24 Å². The molecule has 0 aliphatic carbocycles. The quantitative estimate of drug-likeness (QED) is 0.527. The SMILES string of the molecule is CSc1nc2ccc(NC(=O)CS(=O)(=O)c3ccc(F)cc3)cc2s1. The van der Waals surface area contributed by atoms with Crippen molar-refractivity contribution in [1.29, 1.82) is 0 Å². The lowest BCUT2D eigenvalue weighted by Gasteiger charge is -2.06. The van der Waals surface area contributed by atoms with E-state index in [-0.39, 0.29) is 4.90 Å². The van der Waals surface area contributed by atoms with Crippen LogP contribution < -0.4 is 5.32 Å². The number of nitrogens with zero attached hydrogens (tertiary/aromatic N) is 1. The third-order valence-corrected chi connectivity index (χ3v) is 6.96. The van der Waals surface area contributed by atoms with E-state index in [1.165, 1.54) is 23.1 Å². The topological polar surface area (TPSA) is 76.1 Å². The highest BCUT2D eigenvalue weighted by Gasteiger charge is 2.19. The lowest BCUT2D eigenvalue weighted by atomic mass is 10.3. The monoisotopic (exact) mass is 396 g/mol. The minimum atomic E-state index is -3.83. The Morgan fingerprint density at radius 1 is 1.24 bits per heavy atom. The second-order valence-corrected chi connectivity index (χ2v) is 9.20. The van der Waals surface area contributed by atoms with Gasteiger partial charge in [-0.25, -0.2) is 17.8 Å². The van der Waals surface area contributed by atoms with Crippen molar-refractivity contribution in [2.24, 2.45) is 0 Å². The summed E-state index contributed by atoms with van der Waals surface area (Å²) in [5.41, 5.74) is 1.33. The molecular formula is C16H13FN2O3S3. The minimum absolute atomic E-state index is 0.0911. The molecule has 0 spiro atoms. The summed E-state index contributed by atoms with van der Waals surface area (Å²) in [6, 6.07) is 9.59. The van der Waals surface area contributed by atoms with E-state index < -0.39 is 27.3 Å². The maximum atomic E-state index is 12.9. The van der Waals surface area contributed by atoms with Crippen molar-refractivity contribution in [1.82, 2.24) is 4.98 Å². The Morgan fingerprint density at radius 2 is 1.96 bits per heavy atom. The first-order valence-corrected chi connectivity index (χ1v) is 10.8. The summed E-state index contributed by atoms with van der Waals surface area (Å²) >= 11 is 3.03. The number of amides is 1. The van der Waals surface area contributed by atoms with Crippen LogP contribution in [0.25, 0.3) is 10.2 Å². The maximum absolute atomic E-state index is 12.9. The molecule has 25 heavy (non-hydrogen) atoms. The third kappa shape index (κ3) is 4.17. The van der Waals surface area contributed by atoms with Gasteiger partial charge in [0, 0.05) is 5.69 Å². The summed E-state index contributed by atoms with van der Waals surface area (Å²) in [6.45, 7) is 0. The highest BCUT2D eigenvalue weighted by molar-refractivity contribution is 8.00. The second kappa shape index (κ2) is 7.11. The molecule has 0 atom stereocenters. The van der Waals surface area contributed by atoms with E-state index in [4.69, 9.17) is 0 Å². The van der Waals surface area contributed by atoms with Crippen LogP contribution in [0.4, 0.5) is 10.1 Å². The molecule has 1 N–H and O–H groups in total. The number of thioether (sulfide) groups is 1. The van der Waals surface area contributed by atoms with Crippen molar-refractivity contribution < 1.29 is 17.6 Å². The van der Waals surface area contributed by atoms with Crippen LogP contribution in [0, 0.1) is 5.82 Å². The van der Waals surface area contributed by atoms with Gasteiger partial charge in [-0.1, -0.05) is 11.8 Å². The van der Waals surface area contributed by atoms with Crippen molar-refractivity contribution in [2.75, 3.05) is 17.3 Å². The molecule has 0 saturated carbocycles. The molecule has 0 bridgehead atoms. The molecule has 0 saturated heterocycles. The van der Waals surface area contributed by atoms with Gasteiger partial charge >= 0.3 is 0 Å². The Hall–Kier alpha value is -1.97. The normalized spacial score (nSPS) is 11.6. The predicted octanol–water partition coefficient (Wildman–Crippen LogP) is 3.57. The number of sulfone groups is 1. The standard InChI is InChI=1S/C16H13FN2O3S3/c1-23-16-19-13-7-4-11(8-14(13)24-16)18-15(20)9-25(21,22)12-5-2-10(17)3-6-12/h2-8H,9H2,1H3,(H,18,20). The Morgan fingerprint density at radius 3 is 2.64 bits per heavy atom. The van der Waals surface area contributed by atoms with Gasteiger partial charge in [-0.15, -0.1) is 11.3 Å². The summed E-state index contributed by atoms with van der Waals surface area (Å²) < 4.78 is 39.1. The Labute approximate surface area is 152 Å². The number of aromatic nitrogens is 1. The number of thiazole rings is 1. The molecule has 0 aliphatic rings. The van der Waals surface area contributed by atoms with Gasteiger partial charge < -0.3 is 5.32 Å². The number of nitrogens with one attached hydrogen (secondary N) is 1. The van der Waals surface area contributed by atoms with Gasteiger partial charge in [0.05, 0.1) is 15.1 Å². The molecule has 9 heteroatoms. The van der Waals surface area contributed by atoms with Gasteiger partial charge in [0.2, 0.25) is 5.91 Å². The zero-order valence-corrected chi connectivity index (χ0v) is 15.5. The lowest BCUT2D eigenvalue weighted by molar-refractivity contribution is -0.113. The van der Waals surface area contributed by atoms with E-state index in [0.717, 1.165) is 38.8 Å². The Bertz CT molecular complexity index is 1030. The van der Waals surface area contributed by atoms with Crippen molar-refractivity contribution >= 4 is 54.7 Å². The summed E-state index contributed by atoms with van der Waals surface area (Å²) in [4.78, 5) is 16.4. The third-order valence-electron chi connectivity index (χ3n) is 3.32. The molecule has 0 aliphatic heterocycles. The molecular weight excluding hydrogens is 383 g/mol. The zero-order chi connectivity index (χ0) is 18.0. The fourth-order valence-electron chi connectivity index (χ4n) is 2.16. The van der Waals surface area contributed by atoms with Crippen LogP contribution in [0.1, 0.15) is 0 Å². The number of fused-ring (bicyclic) bond motifs is 1. The van der Waals surface area contributed by atoms with Crippen LogP contribution in [0.2, 0.25) is 0 Å². The smallest absolute Gasteiger partial charge is 0.239 e. The van der Waals surface area contributed by atoms with Gasteiger partial charge in [0.15, 0.2) is 14.2 Å². The molecule has 3 rings (SSSR count). The van der Waals surface area contributed by atoms with Crippen molar-refractivity contribution in [3.8, 4) is 0 Å². The van der Waals surface area contributed by atoms with E-state index in [1.807, 2.05) is 6.26 Å². The second-order valence-electron chi connectivity index (χ2n) is 5.13. The number of rotatable bonds is 5. The molecule has 0 radical (unpaired) electrons. The van der Waals surface area contributed by atoms with Crippen LogP contribution in [0.3, 0.4) is 0 Å². The van der Waals surface area contributed by atoms with Gasteiger partial charge in [-0.2, -0.15) is 0 Å². The van der Waals surface area contributed by atoms with E-state index >= 15 is 0 Å².